The number of morpholine rings is 1. The van der Waals surface area contributed by atoms with E-state index in [-0.39, 0.29) is 34.6 Å². The summed E-state index contributed by atoms with van der Waals surface area (Å²) in [5.74, 6) is 0.824. The molecule has 1 saturated heterocycles. The first kappa shape index (κ1) is 23.8. The molecule has 0 amide bonds. The molecule has 0 spiro atoms. The zero-order valence-electron chi connectivity index (χ0n) is 17.0. The third-order valence-electron chi connectivity index (χ3n) is 5.50. The summed E-state index contributed by atoms with van der Waals surface area (Å²) in [6.07, 6.45) is 4.88. The van der Waals surface area contributed by atoms with Crippen LogP contribution in [-0.2, 0) is 11.3 Å². The number of nitrogens with zero attached hydrogens (tertiary/aromatic N) is 3. The molecule has 1 saturated carbocycles. The number of nitro groups is 1. The Morgan fingerprint density at radius 3 is 2.55 bits per heavy atom. The monoisotopic (exact) mass is 517 g/mol. The highest BCUT2D eigenvalue weighted by Gasteiger charge is 2.19. The highest BCUT2D eigenvalue weighted by atomic mass is 127. The molecule has 9 heteroatoms. The van der Waals surface area contributed by atoms with Crippen molar-refractivity contribution in [1.29, 1.82) is 0 Å². The molecule has 0 bridgehead atoms. The van der Waals surface area contributed by atoms with E-state index in [9.17, 15) is 10.1 Å². The van der Waals surface area contributed by atoms with Gasteiger partial charge in [-0.25, -0.2) is 4.99 Å². The molecule has 1 aromatic rings. The molecule has 29 heavy (non-hydrogen) atoms. The van der Waals surface area contributed by atoms with Crippen LogP contribution >= 0.6 is 24.0 Å². The van der Waals surface area contributed by atoms with E-state index in [1.54, 1.807) is 12.1 Å². The molecule has 2 aliphatic rings. The second-order valence-corrected chi connectivity index (χ2v) is 7.59. The van der Waals surface area contributed by atoms with E-state index in [0.29, 0.717) is 18.6 Å². The topological polar surface area (TPSA) is 92.0 Å². The zero-order chi connectivity index (χ0) is 19.8. The van der Waals surface area contributed by atoms with Crippen LogP contribution in [0.25, 0.3) is 0 Å². The van der Waals surface area contributed by atoms with Gasteiger partial charge >= 0.3 is 0 Å². The third-order valence-corrected chi connectivity index (χ3v) is 5.50. The quantitative estimate of drug-likeness (QED) is 0.190. The van der Waals surface area contributed by atoms with Crippen LogP contribution in [0, 0.1) is 10.1 Å². The van der Waals surface area contributed by atoms with Gasteiger partial charge in [-0.3, -0.25) is 15.0 Å². The normalized spacial score (nSPS) is 19.4. The van der Waals surface area contributed by atoms with Crippen molar-refractivity contribution in [2.45, 2.75) is 51.2 Å². The number of benzene rings is 1. The Morgan fingerprint density at radius 1 is 1.28 bits per heavy atom. The Bertz CT molecular complexity index is 659. The first-order chi connectivity index (χ1) is 13.6. The summed E-state index contributed by atoms with van der Waals surface area (Å²) in [7, 11) is 0. The number of non-ortho nitro benzene ring substituents is 1. The van der Waals surface area contributed by atoms with Crippen LogP contribution in [0.5, 0.6) is 0 Å². The molecule has 0 radical (unpaired) electrons. The van der Waals surface area contributed by atoms with Gasteiger partial charge in [0.1, 0.15) is 0 Å². The number of hydrogen-bond donors (Lipinski definition) is 2. The lowest BCUT2D eigenvalue weighted by Crippen LogP contribution is -2.50. The van der Waals surface area contributed by atoms with Crippen LogP contribution in [0.4, 0.5) is 5.69 Å². The first-order valence-corrected chi connectivity index (χ1v) is 10.2. The van der Waals surface area contributed by atoms with Crippen molar-refractivity contribution in [2.75, 3.05) is 32.8 Å². The van der Waals surface area contributed by atoms with Crippen molar-refractivity contribution in [1.82, 2.24) is 15.5 Å². The van der Waals surface area contributed by atoms with Crippen LogP contribution in [0.3, 0.4) is 0 Å². The zero-order valence-corrected chi connectivity index (χ0v) is 19.3. The van der Waals surface area contributed by atoms with E-state index in [1.165, 1.54) is 37.8 Å². The number of ether oxygens (including phenoxy) is 1. The minimum Gasteiger partial charge on any atom is -0.379 e. The molecule has 0 aromatic heterocycles. The Hall–Kier alpha value is -1.46. The second kappa shape index (κ2) is 12.3. The molecular formula is C20H32IN5O3. The van der Waals surface area contributed by atoms with E-state index < -0.39 is 0 Å². The van der Waals surface area contributed by atoms with Gasteiger partial charge in [-0.15, -0.1) is 24.0 Å². The van der Waals surface area contributed by atoms with Crippen molar-refractivity contribution in [3.8, 4) is 0 Å². The maximum Gasteiger partial charge on any atom is 0.269 e. The SMILES string of the molecule is CC(CNC(=NCc1ccc([N+](=O)[O-])cc1)NC1CCCC1)N1CCOCC1.I. The number of halogens is 1. The molecule has 1 unspecified atom stereocenters. The van der Waals surface area contributed by atoms with Gasteiger partial charge in [-0.2, -0.15) is 0 Å². The first-order valence-electron chi connectivity index (χ1n) is 10.2. The van der Waals surface area contributed by atoms with Crippen molar-refractivity contribution in [3.05, 3.63) is 39.9 Å². The summed E-state index contributed by atoms with van der Waals surface area (Å²) < 4.78 is 5.43. The van der Waals surface area contributed by atoms with Crippen molar-refractivity contribution in [2.24, 2.45) is 4.99 Å². The average Bonchev–Trinajstić information content (AvgIpc) is 3.24. The fraction of sp³-hybridized carbons (Fsp3) is 0.650. The lowest BCUT2D eigenvalue weighted by atomic mass is 10.2. The maximum atomic E-state index is 10.8. The summed E-state index contributed by atoms with van der Waals surface area (Å²) in [4.78, 5) is 17.6. The van der Waals surface area contributed by atoms with Crippen molar-refractivity contribution in [3.63, 3.8) is 0 Å². The summed E-state index contributed by atoms with van der Waals surface area (Å²) >= 11 is 0. The highest BCUT2D eigenvalue weighted by Crippen LogP contribution is 2.17. The van der Waals surface area contributed by atoms with E-state index in [2.05, 4.69) is 22.5 Å². The van der Waals surface area contributed by atoms with E-state index in [4.69, 9.17) is 9.73 Å². The standard InChI is InChI=1S/C20H31N5O3.HI/c1-16(24-10-12-28-13-11-24)14-21-20(23-18-4-2-3-5-18)22-15-17-6-8-19(9-7-17)25(26)27;/h6-9,16,18H,2-5,10-15H2,1H3,(H2,21,22,23);1H. The number of hydrogen-bond acceptors (Lipinski definition) is 5. The molecule has 1 aliphatic heterocycles. The van der Waals surface area contributed by atoms with Gasteiger partial charge in [0.05, 0.1) is 24.7 Å². The molecule has 8 nitrogen and oxygen atoms in total. The van der Waals surface area contributed by atoms with E-state index in [1.807, 2.05) is 0 Å². The van der Waals surface area contributed by atoms with E-state index in [0.717, 1.165) is 44.4 Å². The van der Waals surface area contributed by atoms with Gasteiger partial charge in [0.25, 0.3) is 5.69 Å². The molecule has 2 fully saturated rings. The van der Waals surface area contributed by atoms with Gasteiger partial charge in [0.15, 0.2) is 5.96 Å². The summed E-state index contributed by atoms with van der Waals surface area (Å²) in [5, 5.41) is 17.9. The van der Waals surface area contributed by atoms with Gasteiger partial charge in [0.2, 0.25) is 0 Å². The summed E-state index contributed by atoms with van der Waals surface area (Å²) in [6.45, 7) is 7.06. The molecule has 1 heterocycles. The largest absolute Gasteiger partial charge is 0.379 e. The summed E-state index contributed by atoms with van der Waals surface area (Å²) in [5.41, 5.74) is 1.06. The molecular weight excluding hydrogens is 485 g/mol. The maximum absolute atomic E-state index is 10.8. The van der Waals surface area contributed by atoms with Crippen LogP contribution in [0.1, 0.15) is 38.2 Å². The molecule has 1 aliphatic carbocycles. The molecule has 1 aromatic carbocycles. The average molecular weight is 517 g/mol. The Labute approximate surface area is 189 Å². The summed E-state index contributed by atoms with van der Waals surface area (Å²) in [6, 6.07) is 7.47. The predicted molar refractivity (Wildman–Crippen MR) is 125 cm³/mol. The Balaban J connectivity index is 0.00000300. The number of nitro benzene ring substituents is 1. The van der Waals surface area contributed by atoms with Gasteiger partial charge in [-0.05, 0) is 25.3 Å². The Morgan fingerprint density at radius 2 is 1.93 bits per heavy atom. The predicted octanol–water partition coefficient (Wildman–Crippen LogP) is 2.91. The second-order valence-electron chi connectivity index (χ2n) is 7.59. The third kappa shape index (κ3) is 7.71. The molecule has 162 valence electrons. The highest BCUT2D eigenvalue weighted by molar-refractivity contribution is 14.0. The smallest absolute Gasteiger partial charge is 0.269 e. The number of nitrogens with one attached hydrogen (secondary N) is 2. The number of rotatable bonds is 7. The van der Waals surface area contributed by atoms with E-state index >= 15 is 0 Å². The van der Waals surface area contributed by atoms with Crippen LogP contribution in [-0.4, -0.2) is 60.7 Å². The number of guanidine groups is 1. The van der Waals surface area contributed by atoms with Crippen molar-refractivity contribution >= 4 is 35.6 Å². The minimum atomic E-state index is -0.380. The van der Waals surface area contributed by atoms with Gasteiger partial charge in [0, 0.05) is 43.9 Å². The molecule has 1 atom stereocenters. The Kier molecular flexibility index (Phi) is 10.1. The number of aliphatic imine (C=N–C) groups is 1. The fourth-order valence-corrected chi connectivity index (χ4v) is 3.70. The lowest BCUT2D eigenvalue weighted by molar-refractivity contribution is -0.384. The van der Waals surface area contributed by atoms with Crippen LogP contribution in [0.2, 0.25) is 0 Å². The van der Waals surface area contributed by atoms with Gasteiger partial charge in [-0.1, -0.05) is 25.0 Å². The fourth-order valence-electron chi connectivity index (χ4n) is 3.70. The van der Waals surface area contributed by atoms with Crippen LogP contribution < -0.4 is 10.6 Å². The minimum absolute atomic E-state index is 0. The molecule has 3 rings (SSSR count). The van der Waals surface area contributed by atoms with Gasteiger partial charge < -0.3 is 15.4 Å². The lowest BCUT2D eigenvalue weighted by Gasteiger charge is -2.32. The van der Waals surface area contributed by atoms with Crippen molar-refractivity contribution < 1.29 is 9.66 Å². The van der Waals surface area contributed by atoms with Crippen LogP contribution in [0.15, 0.2) is 29.3 Å². The molecule has 2 N–H and O–H groups in total.